The smallest absolute Gasteiger partial charge is 0.317 e. The maximum atomic E-state index is 12.5. The van der Waals surface area contributed by atoms with Gasteiger partial charge in [0.2, 0.25) is 5.91 Å². The van der Waals surface area contributed by atoms with E-state index in [9.17, 15) is 19.5 Å². The van der Waals surface area contributed by atoms with Crippen molar-refractivity contribution in [2.45, 2.75) is 19.4 Å². The molecule has 0 radical (unpaired) electrons. The molecule has 0 bridgehead atoms. The number of amides is 3. The third-order valence-electron chi connectivity index (χ3n) is 5.71. The number of carbonyl (C=O) groups excluding carboxylic acids is 2. The Morgan fingerprint density at radius 3 is 2.75 bits per heavy atom. The van der Waals surface area contributed by atoms with E-state index in [0.29, 0.717) is 32.7 Å². The Labute approximate surface area is 164 Å². The van der Waals surface area contributed by atoms with Crippen LogP contribution >= 0.6 is 0 Å². The van der Waals surface area contributed by atoms with Crippen molar-refractivity contribution >= 4 is 17.9 Å². The number of hydrogen-bond donors (Lipinski definition) is 2. The van der Waals surface area contributed by atoms with Crippen LogP contribution in [-0.4, -0.2) is 72.7 Å². The van der Waals surface area contributed by atoms with Crippen molar-refractivity contribution in [3.8, 4) is 0 Å². The molecule has 2 heterocycles. The SMILES string of the molecule is CN(Cc1ccccc1)C(=O)NCCC(=O)N1C[C@H]2COCC[C@@]2(C(=O)O)C1. The van der Waals surface area contributed by atoms with Gasteiger partial charge in [0.25, 0.3) is 0 Å². The summed E-state index contributed by atoms with van der Waals surface area (Å²) in [6, 6.07) is 9.40. The van der Waals surface area contributed by atoms with Crippen LogP contribution < -0.4 is 5.32 Å². The molecule has 1 aromatic rings. The minimum atomic E-state index is -0.896. The number of aliphatic carboxylic acids is 1. The summed E-state index contributed by atoms with van der Waals surface area (Å²) in [5, 5.41) is 12.4. The summed E-state index contributed by atoms with van der Waals surface area (Å²) in [5.74, 6) is -1.16. The predicted molar refractivity (Wildman–Crippen MR) is 101 cm³/mol. The summed E-state index contributed by atoms with van der Waals surface area (Å²) < 4.78 is 5.41. The second-order valence-electron chi connectivity index (χ2n) is 7.58. The molecule has 2 aliphatic heterocycles. The van der Waals surface area contributed by atoms with Gasteiger partial charge in [-0.1, -0.05) is 30.3 Å². The van der Waals surface area contributed by atoms with Gasteiger partial charge in [-0.2, -0.15) is 0 Å². The number of ether oxygens (including phenoxy) is 1. The zero-order valence-corrected chi connectivity index (χ0v) is 16.1. The van der Waals surface area contributed by atoms with Crippen LogP contribution in [0.25, 0.3) is 0 Å². The number of carboxylic acids is 1. The van der Waals surface area contributed by atoms with E-state index in [1.54, 1.807) is 16.8 Å². The summed E-state index contributed by atoms with van der Waals surface area (Å²) in [5.41, 5.74) is 0.129. The average Bonchev–Trinajstić information content (AvgIpc) is 3.10. The number of urea groups is 1. The van der Waals surface area contributed by atoms with Crippen LogP contribution in [0.5, 0.6) is 0 Å². The lowest BCUT2D eigenvalue weighted by molar-refractivity contribution is -0.157. The lowest BCUT2D eigenvalue weighted by Crippen LogP contribution is -2.45. The van der Waals surface area contributed by atoms with Crippen molar-refractivity contribution in [3.05, 3.63) is 35.9 Å². The number of fused-ring (bicyclic) bond motifs is 1. The number of rotatable bonds is 6. The highest BCUT2D eigenvalue weighted by atomic mass is 16.5. The lowest BCUT2D eigenvalue weighted by Gasteiger charge is -2.33. The van der Waals surface area contributed by atoms with Crippen molar-refractivity contribution in [2.75, 3.05) is 39.9 Å². The average molecular weight is 389 g/mol. The molecule has 0 spiro atoms. The van der Waals surface area contributed by atoms with Gasteiger partial charge in [-0.25, -0.2) is 4.79 Å². The molecule has 8 nitrogen and oxygen atoms in total. The number of benzene rings is 1. The normalized spacial score (nSPS) is 23.8. The molecular weight excluding hydrogens is 362 g/mol. The van der Waals surface area contributed by atoms with Gasteiger partial charge in [-0.15, -0.1) is 0 Å². The molecule has 28 heavy (non-hydrogen) atoms. The quantitative estimate of drug-likeness (QED) is 0.761. The van der Waals surface area contributed by atoms with Gasteiger partial charge < -0.3 is 25.0 Å². The van der Waals surface area contributed by atoms with Gasteiger partial charge >= 0.3 is 12.0 Å². The number of carboxylic acid groups (broad SMARTS) is 1. The van der Waals surface area contributed by atoms with E-state index in [0.717, 1.165) is 5.56 Å². The molecule has 152 valence electrons. The topological polar surface area (TPSA) is 99.2 Å². The van der Waals surface area contributed by atoms with E-state index >= 15 is 0 Å². The molecule has 1 aromatic carbocycles. The van der Waals surface area contributed by atoms with E-state index in [1.165, 1.54) is 0 Å². The molecule has 2 saturated heterocycles. The summed E-state index contributed by atoms with van der Waals surface area (Å²) in [4.78, 5) is 39.7. The molecule has 3 rings (SSSR count). The number of nitrogens with one attached hydrogen (secondary N) is 1. The maximum absolute atomic E-state index is 12.5. The Bertz CT molecular complexity index is 726. The summed E-state index contributed by atoms with van der Waals surface area (Å²) in [7, 11) is 1.70. The van der Waals surface area contributed by atoms with E-state index in [1.807, 2.05) is 30.3 Å². The first kappa shape index (κ1) is 20.1. The first-order chi connectivity index (χ1) is 13.4. The second-order valence-corrected chi connectivity index (χ2v) is 7.58. The molecule has 0 aliphatic carbocycles. The number of hydrogen-bond acceptors (Lipinski definition) is 4. The third kappa shape index (κ3) is 4.27. The van der Waals surface area contributed by atoms with E-state index < -0.39 is 11.4 Å². The van der Waals surface area contributed by atoms with Gasteiger partial charge in [0.05, 0.1) is 12.0 Å². The van der Waals surface area contributed by atoms with Crippen molar-refractivity contribution in [1.29, 1.82) is 0 Å². The largest absolute Gasteiger partial charge is 0.481 e. The second kappa shape index (κ2) is 8.60. The standard InChI is InChI=1S/C20H27N3O5/c1-22(11-15-5-3-2-4-6-15)19(27)21-9-7-17(24)23-12-16-13-28-10-8-20(16,14-23)18(25)26/h2-6,16H,7-14H2,1H3,(H,21,27)(H,25,26)/t16-,20+/m0/s1. The van der Waals surface area contributed by atoms with Crippen LogP contribution in [0.2, 0.25) is 0 Å². The van der Waals surface area contributed by atoms with Gasteiger partial charge in [0.1, 0.15) is 0 Å². The van der Waals surface area contributed by atoms with Crippen molar-refractivity contribution < 1.29 is 24.2 Å². The van der Waals surface area contributed by atoms with Crippen LogP contribution in [0.4, 0.5) is 4.79 Å². The van der Waals surface area contributed by atoms with Crippen LogP contribution in [0.1, 0.15) is 18.4 Å². The fourth-order valence-corrected chi connectivity index (χ4v) is 3.99. The third-order valence-corrected chi connectivity index (χ3v) is 5.71. The van der Waals surface area contributed by atoms with Crippen LogP contribution in [-0.2, 0) is 20.9 Å². The van der Waals surface area contributed by atoms with Crippen molar-refractivity contribution in [3.63, 3.8) is 0 Å². The molecule has 0 unspecified atom stereocenters. The minimum Gasteiger partial charge on any atom is -0.481 e. The van der Waals surface area contributed by atoms with E-state index in [-0.39, 0.29) is 37.4 Å². The molecule has 0 saturated carbocycles. The molecule has 0 aromatic heterocycles. The van der Waals surface area contributed by atoms with Crippen LogP contribution in [0.3, 0.4) is 0 Å². The number of nitrogens with zero attached hydrogens (tertiary/aromatic N) is 2. The molecular formula is C20H27N3O5. The lowest BCUT2D eigenvalue weighted by atomic mass is 9.74. The summed E-state index contributed by atoms with van der Waals surface area (Å²) >= 11 is 0. The number of carbonyl (C=O) groups is 3. The Morgan fingerprint density at radius 2 is 2.07 bits per heavy atom. The molecule has 2 fully saturated rings. The van der Waals surface area contributed by atoms with Crippen LogP contribution in [0.15, 0.2) is 30.3 Å². The number of likely N-dealkylation sites (tertiary alicyclic amines) is 1. The first-order valence-corrected chi connectivity index (χ1v) is 9.54. The zero-order valence-electron chi connectivity index (χ0n) is 16.1. The van der Waals surface area contributed by atoms with Gasteiger partial charge in [0.15, 0.2) is 0 Å². The molecule has 2 N–H and O–H groups in total. The van der Waals surface area contributed by atoms with E-state index in [4.69, 9.17) is 4.74 Å². The summed E-state index contributed by atoms with van der Waals surface area (Å²) in [6.45, 7) is 2.10. The highest BCUT2D eigenvalue weighted by Gasteiger charge is 2.54. The molecule has 3 amide bonds. The van der Waals surface area contributed by atoms with Gasteiger partial charge in [-0.3, -0.25) is 9.59 Å². The Morgan fingerprint density at radius 1 is 1.32 bits per heavy atom. The summed E-state index contributed by atoms with van der Waals surface area (Å²) in [6.07, 6.45) is 0.575. The van der Waals surface area contributed by atoms with Gasteiger partial charge in [-0.05, 0) is 12.0 Å². The fraction of sp³-hybridized carbons (Fsp3) is 0.550. The fourth-order valence-electron chi connectivity index (χ4n) is 3.99. The first-order valence-electron chi connectivity index (χ1n) is 9.54. The molecule has 2 aliphatic rings. The minimum absolute atomic E-state index is 0.138. The predicted octanol–water partition coefficient (Wildman–Crippen LogP) is 1.17. The van der Waals surface area contributed by atoms with Crippen molar-refractivity contribution in [2.24, 2.45) is 11.3 Å². The Hall–Kier alpha value is -2.61. The van der Waals surface area contributed by atoms with Crippen LogP contribution in [0, 0.1) is 11.3 Å². The zero-order chi connectivity index (χ0) is 20.1. The van der Waals surface area contributed by atoms with E-state index in [2.05, 4.69) is 5.32 Å². The highest BCUT2D eigenvalue weighted by Crippen LogP contribution is 2.42. The molecule has 8 heteroatoms. The Balaban J connectivity index is 1.45. The maximum Gasteiger partial charge on any atom is 0.317 e. The Kier molecular flexibility index (Phi) is 6.18. The van der Waals surface area contributed by atoms with Gasteiger partial charge in [0, 0.05) is 52.2 Å². The van der Waals surface area contributed by atoms with Crippen molar-refractivity contribution in [1.82, 2.24) is 15.1 Å². The highest BCUT2D eigenvalue weighted by molar-refractivity contribution is 5.82. The monoisotopic (exact) mass is 389 g/mol. The molecule has 2 atom stereocenters.